The monoisotopic (exact) mass is 298 g/mol. The quantitative estimate of drug-likeness (QED) is 0.808. The molecule has 0 amide bonds. The number of hydrogen-bond acceptors (Lipinski definition) is 2. The Labute approximate surface area is 113 Å². The summed E-state index contributed by atoms with van der Waals surface area (Å²) in [4.78, 5) is 0. The van der Waals surface area contributed by atoms with Crippen LogP contribution < -0.4 is 10.6 Å². The van der Waals surface area contributed by atoms with Gasteiger partial charge in [-0.05, 0) is 56.2 Å². The first-order valence-electron chi connectivity index (χ1n) is 6.27. The van der Waals surface area contributed by atoms with Crippen molar-refractivity contribution in [2.45, 2.75) is 26.8 Å². The molecule has 0 aliphatic rings. The van der Waals surface area contributed by atoms with E-state index in [1.165, 1.54) is 17.5 Å². The van der Waals surface area contributed by atoms with Gasteiger partial charge in [-0.3, -0.25) is 0 Å². The largest absolute Gasteiger partial charge is 0.319 e. The van der Waals surface area contributed by atoms with Crippen molar-refractivity contribution in [3.05, 3.63) is 33.8 Å². The van der Waals surface area contributed by atoms with Crippen LogP contribution in [0.15, 0.2) is 22.7 Å². The molecular formula is C14H23BrN2. The van der Waals surface area contributed by atoms with Crippen LogP contribution in [-0.4, -0.2) is 20.1 Å². The Balaban J connectivity index is 2.42. The van der Waals surface area contributed by atoms with Crippen LogP contribution in [0.1, 0.15) is 24.5 Å². The van der Waals surface area contributed by atoms with E-state index in [0.717, 1.165) is 24.1 Å². The fourth-order valence-corrected chi connectivity index (χ4v) is 2.30. The van der Waals surface area contributed by atoms with Gasteiger partial charge in [0.15, 0.2) is 0 Å². The third kappa shape index (κ3) is 5.19. The van der Waals surface area contributed by atoms with Crippen LogP contribution in [0.5, 0.6) is 0 Å². The average Bonchev–Trinajstić information content (AvgIpc) is 2.32. The Hall–Kier alpha value is -0.380. The molecule has 0 aliphatic carbocycles. The maximum atomic E-state index is 3.54. The molecule has 0 fully saturated rings. The molecule has 2 nitrogen and oxygen atoms in total. The lowest BCUT2D eigenvalue weighted by Crippen LogP contribution is -2.29. The predicted octanol–water partition coefficient (Wildman–Crippen LogP) is 3.09. The zero-order valence-corrected chi connectivity index (χ0v) is 12.6. The molecule has 1 aromatic carbocycles. The van der Waals surface area contributed by atoms with Crippen LogP contribution >= 0.6 is 15.9 Å². The molecule has 0 saturated carbocycles. The molecular weight excluding hydrogens is 276 g/mol. The molecule has 0 aliphatic heterocycles. The molecule has 1 rings (SSSR count). The van der Waals surface area contributed by atoms with Gasteiger partial charge in [0, 0.05) is 11.0 Å². The summed E-state index contributed by atoms with van der Waals surface area (Å²) in [5, 5.41) is 6.79. The van der Waals surface area contributed by atoms with Crippen molar-refractivity contribution >= 4 is 15.9 Å². The van der Waals surface area contributed by atoms with Crippen LogP contribution in [0.2, 0.25) is 0 Å². The molecule has 1 atom stereocenters. The van der Waals surface area contributed by atoms with Crippen LogP contribution in [0.3, 0.4) is 0 Å². The Kier molecular flexibility index (Phi) is 6.78. The molecule has 2 N–H and O–H groups in total. The maximum absolute atomic E-state index is 3.54. The SMILES string of the molecule is CCC(CNC)CNCc1cc(Br)ccc1C. The van der Waals surface area contributed by atoms with Crippen LogP contribution in [0, 0.1) is 12.8 Å². The molecule has 17 heavy (non-hydrogen) atoms. The summed E-state index contributed by atoms with van der Waals surface area (Å²) in [6, 6.07) is 6.45. The van der Waals surface area contributed by atoms with Crippen molar-refractivity contribution in [1.29, 1.82) is 0 Å². The first-order chi connectivity index (χ1) is 8.17. The molecule has 1 unspecified atom stereocenters. The third-order valence-electron chi connectivity index (χ3n) is 3.13. The summed E-state index contributed by atoms with van der Waals surface area (Å²) in [6.45, 7) is 7.51. The molecule has 0 spiro atoms. The van der Waals surface area contributed by atoms with Gasteiger partial charge in [0.05, 0.1) is 0 Å². The van der Waals surface area contributed by atoms with E-state index in [4.69, 9.17) is 0 Å². The molecule has 0 bridgehead atoms. The van der Waals surface area contributed by atoms with Crippen molar-refractivity contribution in [3.63, 3.8) is 0 Å². The van der Waals surface area contributed by atoms with Gasteiger partial charge >= 0.3 is 0 Å². The number of halogens is 1. The van der Waals surface area contributed by atoms with E-state index in [0.29, 0.717) is 5.92 Å². The molecule has 0 radical (unpaired) electrons. The summed E-state index contributed by atoms with van der Waals surface area (Å²) in [6.07, 6.45) is 1.21. The highest BCUT2D eigenvalue weighted by molar-refractivity contribution is 9.10. The van der Waals surface area contributed by atoms with E-state index in [2.05, 4.69) is 58.6 Å². The fraction of sp³-hybridized carbons (Fsp3) is 0.571. The first kappa shape index (κ1) is 14.7. The minimum atomic E-state index is 0.715. The van der Waals surface area contributed by atoms with Crippen molar-refractivity contribution in [2.75, 3.05) is 20.1 Å². The van der Waals surface area contributed by atoms with Gasteiger partial charge in [-0.15, -0.1) is 0 Å². The number of nitrogens with one attached hydrogen (secondary N) is 2. The summed E-state index contributed by atoms with van der Waals surface area (Å²) >= 11 is 3.52. The number of benzene rings is 1. The van der Waals surface area contributed by atoms with Crippen molar-refractivity contribution in [2.24, 2.45) is 5.92 Å². The van der Waals surface area contributed by atoms with Gasteiger partial charge in [0.1, 0.15) is 0 Å². The number of aryl methyl sites for hydroxylation is 1. The molecule has 0 saturated heterocycles. The number of hydrogen-bond donors (Lipinski definition) is 2. The summed E-state index contributed by atoms with van der Waals surface area (Å²) in [5.41, 5.74) is 2.72. The van der Waals surface area contributed by atoms with E-state index < -0.39 is 0 Å². The van der Waals surface area contributed by atoms with Crippen molar-refractivity contribution in [1.82, 2.24) is 10.6 Å². The summed E-state index contributed by atoms with van der Waals surface area (Å²) in [5.74, 6) is 0.715. The second-order valence-electron chi connectivity index (χ2n) is 4.53. The Morgan fingerprint density at radius 2 is 2.06 bits per heavy atom. The van der Waals surface area contributed by atoms with E-state index in [-0.39, 0.29) is 0 Å². The second kappa shape index (κ2) is 7.85. The second-order valence-corrected chi connectivity index (χ2v) is 5.45. The van der Waals surface area contributed by atoms with E-state index in [1.807, 2.05) is 7.05 Å². The van der Waals surface area contributed by atoms with E-state index in [9.17, 15) is 0 Å². The van der Waals surface area contributed by atoms with Gasteiger partial charge < -0.3 is 10.6 Å². The van der Waals surface area contributed by atoms with E-state index >= 15 is 0 Å². The molecule has 96 valence electrons. The lowest BCUT2D eigenvalue weighted by molar-refractivity contribution is 0.444. The van der Waals surface area contributed by atoms with Crippen LogP contribution in [0.4, 0.5) is 0 Å². The highest BCUT2D eigenvalue weighted by Crippen LogP contribution is 2.15. The minimum absolute atomic E-state index is 0.715. The Morgan fingerprint density at radius 1 is 1.29 bits per heavy atom. The third-order valence-corrected chi connectivity index (χ3v) is 3.62. The van der Waals surface area contributed by atoms with Gasteiger partial charge in [0.25, 0.3) is 0 Å². The molecule has 1 aromatic rings. The van der Waals surface area contributed by atoms with Crippen molar-refractivity contribution < 1.29 is 0 Å². The van der Waals surface area contributed by atoms with Gasteiger partial charge in [-0.1, -0.05) is 35.3 Å². The Morgan fingerprint density at radius 3 is 2.71 bits per heavy atom. The summed E-state index contributed by atoms with van der Waals surface area (Å²) in [7, 11) is 2.01. The lowest BCUT2D eigenvalue weighted by atomic mass is 10.1. The maximum Gasteiger partial charge on any atom is 0.0208 e. The standard InChI is InChI=1S/C14H23BrN2/c1-4-12(8-16-3)9-17-10-13-7-14(15)6-5-11(13)2/h5-7,12,16-17H,4,8-10H2,1-3H3. The minimum Gasteiger partial charge on any atom is -0.319 e. The van der Waals surface area contributed by atoms with E-state index in [1.54, 1.807) is 0 Å². The lowest BCUT2D eigenvalue weighted by Gasteiger charge is -2.16. The normalized spacial score (nSPS) is 12.7. The molecule has 0 heterocycles. The van der Waals surface area contributed by atoms with Crippen LogP contribution in [-0.2, 0) is 6.54 Å². The Bertz CT molecular complexity index is 339. The smallest absolute Gasteiger partial charge is 0.0208 e. The van der Waals surface area contributed by atoms with Crippen LogP contribution in [0.25, 0.3) is 0 Å². The van der Waals surface area contributed by atoms with Crippen molar-refractivity contribution in [3.8, 4) is 0 Å². The highest BCUT2D eigenvalue weighted by Gasteiger charge is 2.05. The zero-order valence-electron chi connectivity index (χ0n) is 11.0. The molecule has 0 aromatic heterocycles. The highest BCUT2D eigenvalue weighted by atomic mass is 79.9. The topological polar surface area (TPSA) is 24.1 Å². The average molecular weight is 299 g/mol. The summed E-state index contributed by atoms with van der Waals surface area (Å²) < 4.78 is 1.15. The zero-order chi connectivity index (χ0) is 12.7. The predicted molar refractivity (Wildman–Crippen MR) is 78.3 cm³/mol. The van der Waals surface area contributed by atoms with Gasteiger partial charge in [0.2, 0.25) is 0 Å². The molecule has 3 heteroatoms. The number of rotatable bonds is 7. The van der Waals surface area contributed by atoms with Gasteiger partial charge in [-0.2, -0.15) is 0 Å². The first-order valence-corrected chi connectivity index (χ1v) is 7.07. The van der Waals surface area contributed by atoms with Gasteiger partial charge in [-0.25, -0.2) is 0 Å². The fourth-order valence-electron chi connectivity index (χ4n) is 1.89.